The van der Waals surface area contributed by atoms with Crippen molar-refractivity contribution in [1.29, 1.82) is 0 Å². The molecule has 1 atom stereocenters. The zero-order chi connectivity index (χ0) is 18.7. The summed E-state index contributed by atoms with van der Waals surface area (Å²) in [5.41, 5.74) is 2.16. The van der Waals surface area contributed by atoms with Crippen molar-refractivity contribution in [2.75, 3.05) is 32.7 Å². The first kappa shape index (κ1) is 18.5. The quantitative estimate of drug-likeness (QED) is 0.825. The minimum atomic E-state index is -0.0218. The molecule has 1 aliphatic heterocycles. The predicted octanol–water partition coefficient (Wildman–Crippen LogP) is 2.74. The van der Waals surface area contributed by atoms with Crippen molar-refractivity contribution >= 4 is 6.03 Å². The second kappa shape index (κ2) is 7.95. The number of rotatable bonds is 7. The monoisotopic (exact) mass is 359 g/mol. The molecule has 3 heterocycles. The van der Waals surface area contributed by atoms with Crippen molar-refractivity contribution in [1.82, 2.24) is 24.9 Å². The van der Waals surface area contributed by atoms with Crippen LogP contribution in [0.25, 0.3) is 0 Å². The van der Waals surface area contributed by atoms with Gasteiger partial charge in [-0.15, -0.1) is 0 Å². The molecule has 0 aromatic carbocycles. The summed E-state index contributed by atoms with van der Waals surface area (Å²) in [6.45, 7) is 12.0. The van der Waals surface area contributed by atoms with E-state index < -0.39 is 0 Å². The fraction of sp³-hybridized carbons (Fsp3) is 0.579. The first-order valence-electron chi connectivity index (χ1n) is 9.36. The van der Waals surface area contributed by atoms with Crippen LogP contribution in [0, 0.1) is 13.8 Å². The zero-order valence-electron chi connectivity index (χ0n) is 16.1. The number of carbonyl (C=O) groups is 1. The second-order valence-corrected chi connectivity index (χ2v) is 6.87. The first-order chi connectivity index (χ1) is 12.5. The minimum Gasteiger partial charge on any atom is -0.468 e. The maximum absolute atomic E-state index is 12.5. The van der Waals surface area contributed by atoms with E-state index in [2.05, 4.69) is 42.2 Å². The SMILES string of the molecule is CCN(CC)C(CNC(=O)N1CC(n2nc(C)cc2C)C1)c1ccco1. The average molecular weight is 359 g/mol. The number of urea groups is 1. The van der Waals surface area contributed by atoms with E-state index in [1.807, 2.05) is 28.6 Å². The van der Waals surface area contributed by atoms with Gasteiger partial charge in [0, 0.05) is 25.3 Å². The maximum atomic E-state index is 12.5. The second-order valence-electron chi connectivity index (χ2n) is 6.87. The molecule has 142 valence electrons. The Labute approximate surface area is 154 Å². The van der Waals surface area contributed by atoms with Gasteiger partial charge in [-0.1, -0.05) is 13.8 Å². The topological polar surface area (TPSA) is 66.5 Å². The zero-order valence-corrected chi connectivity index (χ0v) is 16.1. The van der Waals surface area contributed by atoms with E-state index in [0.717, 1.165) is 30.2 Å². The molecule has 2 aromatic rings. The molecule has 3 rings (SSSR count). The Morgan fingerprint density at radius 2 is 2.12 bits per heavy atom. The van der Waals surface area contributed by atoms with Crippen molar-refractivity contribution in [3.05, 3.63) is 41.6 Å². The minimum absolute atomic E-state index is 0.0218. The summed E-state index contributed by atoms with van der Waals surface area (Å²) in [5, 5.41) is 7.59. The Bertz CT molecular complexity index is 714. The van der Waals surface area contributed by atoms with Gasteiger partial charge in [0.05, 0.1) is 24.0 Å². The third kappa shape index (κ3) is 3.77. The largest absolute Gasteiger partial charge is 0.468 e. The summed E-state index contributed by atoms with van der Waals surface area (Å²) in [4.78, 5) is 16.6. The number of likely N-dealkylation sites (tertiary alicyclic amines) is 1. The molecule has 0 aliphatic carbocycles. The number of nitrogens with zero attached hydrogens (tertiary/aromatic N) is 4. The van der Waals surface area contributed by atoms with E-state index in [-0.39, 0.29) is 18.1 Å². The Hall–Kier alpha value is -2.28. The Morgan fingerprint density at radius 3 is 2.65 bits per heavy atom. The number of likely N-dealkylation sites (N-methyl/N-ethyl adjacent to an activating group) is 1. The van der Waals surface area contributed by atoms with Gasteiger partial charge in [0.1, 0.15) is 5.76 Å². The number of nitrogens with one attached hydrogen (secondary N) is 1. The van der Waals surface area contributed by atoms with Crippen LogP contribution in [0.15, 0.2) is 28.9 Å². The molecule has 7 nitrogen and oxygen atoms in total. The molecule has 0 radical (unpaired) electrons. The number of hydrogen-bond acceptors (Lipinski definition) is 4. The van der Waals surface area contributed by atoms with E-state index in [9.17, 15) is 4.79 Å². The molecule has 1 unspecified atom stereocenters. The Morgan fingerprint density at radius 1 is 1.38 bits per heavy atom. The van der Waals surface area contributed by atoms with Crippen LogP contribution in [0.2, 0.25) is 0 Å². The summed E-state index contributed by atoms with van der Waals surface area (Å²) in [5.74, 6) is 0.887. The molecule has 2 amide bonds. The molecule has 1 saturated heterocycles. The number of carbonyl (C=O) groups excluding carboxylic acids is 1. The Balaban J connectivity index is 1.54. The van der Waals surface area contributed by atoms with Crippen molar-refractivity contribution in [3.8, 4) is 0 Å². The lowest BCUT2D eigenvalue weighted by Crippen LogP contribution is -2.55. The predicted molar refractivity (Wildman–Crippen MR) is 100 cm³/mol. The van der Waals surface area contributed by atoms with E-state index in [1.54, 1.807) is 6.26 Å². The van der Waals surface area contributed by atoms with Crippen LogP contribution in [0.3, 0.4) is 0 Å². The van der Waals surface area contributed by atoms with E-state index in [0.29, 0.717) is 19.6 Å². The van der Waals surface area contributed by atoms with Crippen LogP contribution < -0.4 is 5.32 Å². The highest BCUT2D eigenvalue weighted by molar-refractivity contribution is 5.75. The number of amides is 2. The molecule has 1 aliphatic rings. The molecule has 0 saturated carbocycles. The first-order valence-corrected chi connectivity index (χ1v) is 9.36. The van der Waals surface area contributed by atoms with Gasteiger partial charge in [-0.25, -0.2) is 4.79 Å². The van der Waals surface area contributed by atoms with Gasteiger partial charge in [-0.2, -0.15) is 5.10 Å². The summed E-state index contributed by atoms with van der Waals surface area (Å²) in [7, 11) is 0. The van der Waals surface area contributed by atoms with Crippen LogP contribution in [-0.4, -0.2) is 58.3 Å². The van der Waals surface area contributed by atoms with Crippen molar-refractivity contribution in [2.45, 2.75) is 39.8 Å². The van der Waals surface area contributed by atoms with Crippen LogP contribution in [0.1, 0.15) is 43.1 Å². The number of furan rings is 1. The summed E-state index contributed by atoms with van der Waals surface area (Å²) in [6.07, 6.45) is 1.68. The molecule has 1 fully saturated rings. The fourth-order valence-electron chi connectivity index (χ4n) is 3.64. The lowest BCUT2D eigenvalue weighted by molar-refractivity contribution is 0.113. The third-order valence-electron chi connectivity index (χ3n) is 5.11. The molecular formula is C19H29N5O2. The van der Waals surface area contributed by atoms with Gasteiger partial charge < -0.3 is 14.6 Å². The van der Waals surface area contributed by atoms with Crippen LogP contribution in [-0.2, 0) is 0 Å². The van der Waals surface area contributed by atoms with Gasteiger partial charge in [0.2, 0.25) is 0 Å². The Kier molecular flexibility index (Phi) is 5.66. The van der Waals surface area contributed by atoms with E-state index >= 15 is 0 Å². The molecule has 2 aromatic heterocycles. The summed E-state index contributed by atoms with van der Waals surface area (Å²) in [6, 6.07) is 6.24. The van der Waals surface area contributed by atoms with Gasteiger partial charge in [0.25, 0.3) is 0 Å². The van der Waals surface area contributed by atoms with E-state index in [1.165, 1.54) is 0 Å². The molecule has 0 bridgehead atoms. The lowest BCUT2D eigenvalue weighted by Gasteiger charge is -2.40. The molecule has 1 N–H and O–H groups in total. The lowest BCUT2D eigenvalue weighted by atomic mass is 10.1. The number of aryl methyl sites for hydroxylation is 2. The number of aromatic nitrogens is 2. The fourth-order valence-corrected chi connectivity index (χ4v) is 3.64. The average Bonchev–Trinajstić information content (AvgIpc) is 3.20. The van der Waals surface area contributed by atoms with Gasteiger partial charge in [0.15, 0.2) is 0 Å². The summed E-state index contributed by atoms with van der Waals surface area (Å²) >= 11 is 0. The van der Waals surface area contributed by atoms with Gasteiger partial charge in [-0.05, 0) is 45.1 Å². The molecule has 7 heteroatoms. The smallest absolute Gasteiger partial charge is 0.317 e. The van der Waals surface area contributed by atoms with Crippen LogP contribution >= 0.6 is 0 Å². The van der Waals surface area contributed by atoms with Crippen molar-refractivity contribution in [2.24, 2.45) is 0 Å². The molecule has 0 spiro atoms. The number of hydrogen-bond donors (Lipinski definition) is 1. The maximum Gasteiger partial charge on any atom is 0.317 e. The van der Waals surface area contributed by atoms with Crippen LogP contribution in [0.4, 0.5) is 4.79 Å². The molecular weight excluding hydrogens is 330 g/mol. The highest BCUT2D eigenvalue weighted by Gasteiger charge is 2.33. The standard InChI is InChI=1S/C19H29N5O2/c1-5-22(6-2)17(18-8-7-9-26-18)11-20-19(25)23-12-16(13-23)24-15(4)10-14(3)21-24/h7-10,16-17H,5-6,11-13H2,1-4H3,(H,20,25). The molecule has 26 heavy (non-hydrogen) atoms. The van der Waals surface area contributed by atoms with E-state index in [4.69, 9.17) is 4.42 Å². The highest BCUT2D eigenvalue weighted by Crippen LogP contribution is 2.24. The van der Waals surface area contributed by atoms with Crippen LogP contribution in [0.5, 0.6) is 0 Å². The van der Waals surface area contributed by atoms with Gasteiger partial charge in [-0.3, -0.25) is 9.58 Å². The van der Waals surface area contributed by atoms with Crippen molar-refractivity contribution in [3.63, 3.8) is 0 Å². The normalized spacial score (nSPS) is 16.0. The summed E-state index contributed by atoms with van der Waals surface area (Å²) < 4.78 is 7.61. The van der Waals surface area contributed by atoms with Crippen molar-refractivity contribution < 1.29 is 9.21 Å². The third-order valence-corrected chi connectivity index (χ3v) is 5.11. The highest BCUT2D eigenvalue weighted by atomic mass is 16.3. The van der Waals surface area contributed by atoms with Gasteiger partial charge >= 0.3 is 6.03 Å².